The fourth-order valence-corrected chi connectivity index (χ4v) is 8.49. The summed E-state index contributed by atoms with van der Waals surface area (Å²) in [4.78, 5) is 42.6. The minimum Gasteiger partial charge on any atom is -0.508 e. The van der Waals surface area contributed by atoms with Crippen molar-refractivity contribution < 1.29 is 23.8 Å². The predicted octanol–water partition coefficient (Wildman–Crippen LogP) is 6.04. The highest BCUT2D eigenvalue weighted by atomic mass is 19.1. The van der Waals surface area contributed by atoms with E-state index in [1.165, 1.54) is 23.3 Å². The zero-order chi connectivity index (χ0) is 37.5. The largest absolute Gasteiger partial charge is 0.508 e. The number of nitrogens with zero attached hydrogens (tertiary/aromatic N) is 6. The number of phenolic OH excluding ortho intramolecular Hbond substituents is 1. The monoisotopic (exact) mass is 730 g/mol. The summed E-state index contributed by atoms with van der Waals surface area (Å²) >= 11 is 0. The molecular formula is C43H47FN6O4. The number of fused-ring (bicyclic) bond motifs is 1. The van der Waals surface area contributed by atoms with E-state index in [4.69, 9.17) is 9.73 Å². The smallest absolute Gasteiger partial charge is 0.260 e. The Morgan fingerprint density at radius 3 is 2.48 bits per heavy atom. The van der Waals surface area contributed by atoms with Crippen LogP contribution in [0.5, 0.6) is 5.75 Å². The van der Waals surface area contributed by atoms with Crippen molar-refractivity contribution in [2.75, 3.05) is 51.3 Å². The van der Waals surface area contributed by atoms with Crippen molar-refractivity contribution in [2.45, 2.75) is 51.2 Å². The molecule has 280 valence electrons. The van der Waals surface area contributed by atoms with Crippen LogP contribution in [0, 0.1) is 5.82 Å². The third-order valence-electron chi connectivity index (χ3n) is 11.5. The molecule has 1 saturated heterocycles. The summed E-state index contributed by atoms with van der Waals surface area (Å²) in [6.07, 6.45) is 4.66. The first-order chi connectivity index (χ1) is 26.2. The first-order valence-electron chi connectivity index (χ1n) is 18.9. The summed E-state index contributed by atoms with van der Waals surface area (Å²) in [5.74, 6) is 0.209. The number of halogens is 1. The van der Waals surface area contributed by atoms with E-state index in [0.29, 0.717) is 67.2 Å². The van der Waals surface area contributed by atoms with Crippen LogP contribution in [-0.2, 0) is 31.2 Å². The van der Waals surface area contributed by atoms with Gasteiger partial charge in [-0.1, -0.05) is 24.3 Å². The lowest BCUT2D eigenvalue weighted by Gasteiger charge is -2.35. The number of aromatic hydroxyl groups is 1. The number of benzene rings is 3. The molecule has 0 radical (unpaired) electrons. The molecule has 4 aliphatic rings. The third-order valence-corrected chi connectivity index (χ3v) is 11.5. The fraction of sp³-hybridized carbons (Fsp3) is 0.372. The highest BCUT2D eigenvalue weighted by Gasteiger charge is 2.35. The summed E-state index contributed by atoms with van der Waals surface area (Å²) in [6.45, 7) is 7.00. The Bertz CT molecular complexity index is 2140. The molecular weight excluding hydrogens is 684 g/mol. The molecule has 0 bridgehead atoms. The molecule has 3 aromatic carbocycles. The van der Waals surface area contributed by atoms with E-state index in [9.17, 15) is 9.90 Å². The van der Waals surface area contributed by atoms with Crippen LogP contribution in [0.3, 0.4) is 0 Å². The average molecular weight is 731 g/mol. The molecule has 0 saturated carbocycles. The number of anilines is 1. The van der Waals surface area contributed by atoms with Crippen molar-refractivity contribution >= 4 is 23.7 Å². The van der Waals surface area contributed by atoms with Gasteiger partial charge in [-0.2, -0.15) is 0 Å². The van der Waals surface area contributed by atoms with Crippen molar-refractivity contribution in [1.29, 1.82) is 0 Å². The number of rotatable bonds is 8. The highest BCUT2D eigenvalue weighted by Crippen LogP contribution is 2.36. The average Bonchev–Trinajstić information content (AvgIpc) is 3.72. The molecule has 4 aliphatic heterocycles. The summed E-state index contributed by atoms with van der Waals surface area (Å²) in [7, 11) is 3.93. The van der Waals surface area contributed by atoms with Crippen LogP contribution in [0.15, 0.2) is 89.2 Å². The number of carbonyl (C=O) groups is 2. The molecule has 1 fully saturated rings. The van der Waals surface area contributed by atoms with Crippen molar-refractivity contribution in [3.8, 4) is 17.0 Å². The second kappa shape index (κ2) is 14.9. The number of amides is 2. The Morgan fingerprint density at radius 1 is 0.944 bits per heavy atom. The second-order valence-electron chi connectivity index (χ2n) is 14.9. The van der Waals surface area contributed by atoms with Crippen LogP contribution < -0.4 is 4.90 Å². The van der Waals surface area contributed by atoms with E-state index < -0.39 is 5.82 Å². The van der Waals surface area contributed by atoms with Gasteiger partial charge in [0, 0.05) is 93.7 Å². The van der Waals surface area contributed by atoms with Crippen LogP contribution in [-0.4, -0.2) is 101 Å². The molecule has 1 unspecified atom stereocenters. The summed E-state index contributed by atoms with van der Waals surface area (Å²) in [5, 5.41) is 10.2. The van der Waals surface area contributed by atoms with Gasteiger partial charge in [0.1, 0.15) is 17.4 Å². The molecule has 1 N–H and O–H groups in total. The van der Waals surface area contributed by atoms with Gasteiger partial charge in [0.25, 0.3) is 11.8 Å². The van der Waals surface area contributed by atoms with Crippen LogP contribution in [0.1, 0.15) is 57.3 Å². The number of phenols is 1. The van der Waals surface area contributed by atoms with Crippen molar-refractivity contribution in [2.24, 2.45) is 12.0 Å². The Morgan fingerprint density at radius 2 is 1.70 bits per heavy atom. The summed E-state index contributed by atoms with van der Waals surface area (Å²) in [5.41, 5.74) is 6.88. The molecule has 4 aromatic rings. The lowest BCUT2D eigenvalue weighted by Crippen LogP contribution is -2.43. The quantitative estimate of drug-likeness (QED) is 0.238. The van der Waals surface area contributed by atoms with Crippen LogP contribution >= 0.6 is 0 Å². The van der Waals surface area contributed by atoms with E-state index in [1.54, 1.807) is 35.2 Å². The van der Waals surface area contributed by atoms with Gasteiger partial charge in [0.2, 0.25) is 0 Å². The predicted molar refractivity (Wildman–Crippen MR) is 207 cm³/mol. The maximum Gasteiger partial charge on any atom is 0.260 e. The van der Waals surface area contributed by atoms with E-state index in [0.717, 1.165) is 49.6 Å². The van der Waals surface area contributed by atoms with Gasteiger partial charge < -0.3 is 24.2 Å². The number of aliphatic imine (C=N–C) groups is 1. The molecule has 10 nitrogen and oxygen atoms in total. The standard InChI is InChI=1S/C43H47FN6O4/c1-28-22-29-6-4-5-7-31(29)27-49(28)42(52)36-13-8-32(44)24-37(36)40-25-38(39(47(40)3)15-17-48-18-20-54-21-19-48)43(53)50(33-9-11-35(51)12-10-33)34-23-30-14-16-46(2)41(30)45-26-34/h4-13,24-26,28,34,51H,14-23,27H2,1-3H3/t28-,34?/m1/s1. The van der Waals surface area contributed by atoms with Crippen LogP contribution in [0.25, 0.3) is 11.3 Å². The van der Waals surface area contributed by atoms with Crippen molar-refractivity contribution in [1.82, 2.24) is 19.3 Å². The molecule has 0 spiro atoms. The minimum absolute atomic E-state index is 0.0498. The van der Waals surface area contributed by atoms with Gasteiger partial charge >= 0.3 is 0 Å². The number of aromatic nitrogens is 1. The van der Waals surface area contributed by atoms with Gasteiger partial charge in [-0.25, -0.2) is 9.38 Å². The minimum atomic E-state index is -0.461. The van der Waals surface area contributed by atoms with Gasteiger partial charge in [0.05, 0.1) is 24.8 Å². The molecule has 2 atom stereocenters. The SMILES string of the molecule is C[C@@H]1Cc2ccccc2CN1C(=O)c1ccc(F)cc1-c1cc(C(=O)N(c2ccc(O)cc2)C2C=NC3=C(CCN3C)C2)c(CCN2CCOCC2)n1C. The number of hydrogen-bond acceptors (Lipinski definition) is 7. The number of hydrogen-bond donors (Lipinski definition) is 1. The van der Waals surface area contributed by atoms with Crippen LogP contribution in [0.2, 0.25) is 0 Å². The van der Waals surface area contributed by atoms with E-state index in [-0.39, 0.29) is 29.6 Å². The van der Waals surface area contributed by atoms with E-state index in [2.05, 4.69) is 28.9 Å². The molecule has 11 heteroatoms. The number of carbonyl (C=O) groups excluding carboxylic acids is 2. The normalized spacial score (nSPS) is 19.9. The third kappa shape index (κ3) is 6.82. The number of morpholine rings is 1. The lowest BCUT2D eigenvalue weighted by atomic mass is 9.93. The van der Waals surface area contributed by atoms with Crippen LogP contribution in [0.4, 0.5) is 10.1 Å². The Labute approximate surface area is 315 Å². The van der Waals surface area contributed by atoms with E-state index in [1.807, 2.05) is 48.0 Å². The first kappa shape index (κ1) is 35.8. The highest BCUT2D eigenvalue weighted by molar-refractivity contribution is 6.11. The Kier molecular flexibility index (Phi) is 9.85. The zero-order valence-electron chi connectivity index (χ0n) is 31.2. The van der Waals surface area contributed by atoms with Crippen molar-refractivity contribution in [3.63, 3.8) is 0 Å². The van der Waals surface area contributed by atoms with Gasteiger partial charge in [-0.3, -0.25) is 19.4 Å². The summed E-state index contributed by atoms with van der Waals surface area (Å²) < 4.78 is 22.9. The Hall–Kier alpha value is -5.26. The maximum absolute atomic E-state index is 15.3. The Balaban J connectivity index is 1.21. The molecule has 2 amide bonds. The number of ether oxygens (including phenoxy) is 1. The summed E-state index contributed by atoms with van der Waals surface area (Å²) in [6, 6.07) is 20.6. The van der Waals surface area contributed by atoms with Crippen molar-refractivity contribution in [3.05, 3.63) is 118 Å². The second-order valence-corrected chi connectivity index (χ2v) is 14.9. The first-order valence-corrected chi connectivity index (χ1v) is 18.9. The zero-order valence-corrected chi connectivity index (χ0v) is 31.2. The van der Waals surface area contributed by atoms with Gasteiger partial charge in [-0.15, -0.1) is 0 Å². The lowest BCUT2D eigenvalue weighted by molar-refractivity contribution is 0.0382. The topological polar surface area (TPSA) is 93.8 Å². The fourth-order valence-electron chi connectivity index (χ4n) is 8.49. The van der Waals surface area contributed by atoms with E-state index >= 15 is 9.18 Å². The molecule has 1 aromatic heterocycles. The molecule has 0 aliphatic carbocycles. The molecule has 8 rings (SSSR count). The maximum atomic E-state index is 15.3. The van der Waals surface area contributed by atoms with Gasteiger partial charge in [0.15, 0.2) is 0 Å². The molecule has 54 heavy (non-hydrogen) atoms. The van der Waals surface area contributed by atoms with Gasteiger partial charge in [-0.05, 0) is 91.4 Å². The molecule has 5 heterocycles.